The summed E-state index contributed by atoms with van der Waals surface area (Å²) in [6.45, 7) is 2.91. The van der Waals surface area contributed by atoms with E-state index < -0.39 is 5.97 Å². The van der Waals surface area contributed by atoms with Crippen LogP contribution >= 0.6 is 0 Å². The van der Waals surface area contributed by atoms with E-state index in [1.165, 1.54) is 12.8 Å². The van der Waals surface area contributed by atoms with Crippen molar-refractivity contribution in [1.29, 1.82) is 0 Å². The van der Waals surface area contributed by atoms with E-state index in [0.717, 1.165) is 37.4 Å². The third kappa shape index (κ3) is 5.84. The highest BCUT2D eigenvalue weighted by molar-refractivity contribution is 5.74. The third-order valence-electron chi connectivity index (χ3n) is 6.82. The number of carboxylic acids is 1. The van der Waals surface area contributed by atoms with Gasteiger partial charge in [0.2, 0.25) is 0 Å². The Hall–Kier alpha value is -3.17. The highest BCUT2D eigenvalue weighted by atomic mass is 16.5. The highest BCUT2D eigenvalue weighted by Crippen LogP contribution is 2.32. The molecule has 2 aliphatic rings. The molecule has 2 N–H and O–H groups in total. The van der Waals surface area contributed by atoms with Crippen molar-refractivity contribution in [3.63, 3.8) is 0 Å². The molecule has 2 fully saturated rings. The lowest BCUT2D eigenvalue weighted by Crippen LogP contribution is -2.38. The molecular weight excluding hydrogens is 436 g/mol. The molecule has 34 heavy (non-hydrogen) atoms. The first-order valence-electron chi connectivity index (χ1n) is 12.1. The SMILES string of the molecule is Cc1nc(-c2nnn(C)c2CNC(=O)N(C)CCC2CC2)ccc1O[C@H]1CCC[C@H](C(=O)O)C1. The maximum Gasteiger partial charge on any atom is 0.317 e. The number of nitrogens with one attached hydrogen (secondary N) is 1. The monoisotopic (exact) mass is 470 g/mol. The summed E-state index contributed by atoms with van der Waals surface area (Å²) in [5.74, 6) is 0.322. The van der Waals surface area contributed by atoms with Crippen LogP contribution in [0.2, 0.25) is 0 Å². The molecule has 0 bridgehead atoms. The molecule has 0 spiro atoms. The Labute approximate surface area is 199 Å². The molecule has 10 nitrogen and oxygen atoms in total. The Kier molecular flexibility index (Phi) is 7.33. The van der Waals surface area contributed by atoms with Crippen molar-refractivity contribution in [2.45, 2.75) is 64.5 Å². The summed E-state index contributed by atoms with van der Waals surface area (Å²) in [4.78, 5) is 30.2. The van der Waals surface area contributed by atoms with E-state index in [2.05, 4.69) is 20.6 Å². The number of pyridine rings is 1. The first-order valence-corrected chi connectivity index (χ1v) is 12.1. The number of aryl methyl sites for hydroxylation is 2. The van der Waals surface area contributed by atoms with Gasteiger partial charge in [-0.05, 0) is 57.1 Å². The van der Waals surface area contributed by atoms with Crippen molar-refractivity contribution in [2.75, 3.05) is 13.6 Å². The standard InChI is InChI=1S/C24H34N6O4/c1-15-21(34-18-6-4-5-17(13-18)23(31)32)10-9-19(26-15)22-20(30(3)28-27-22)14-25-24(33)29(2)12-11-16-7-8-16/h9-10,16-18H,4-8,11-14H2,1-3H3,(H,25,33)(H,31,32)/t17-,18-/m0/s1. The van der Waals surface area contributed by atoms with Crippen LogP contribution in [0, 0.1) is 18.8 Å². The summed E-state index contributed by atoms with van der Waals surface area (Å²) in [5, 5.41) is 20.7. The average molecular weight is 471 g/mol. The summed E-state index contributed by atoms with van der Waals surface area (Å²) in [5.41, 5.74) is 2.73. The molecule has 184 valence electrons. The minimum absolute atomic E-state index is 0.118. The van der Waals surface area contributed by atoms with Crippen molar-refractivity contribution < 1.29 is 19.4 Å². The van der Waals surface area contributed by atoms with E-state index in [-0.39, 0.29) is 18.1 Å². The molecule has 10 heteroatoms. The smallest absolute Gasteiger partial charge is 0.317 e. The van der Waals surface area contributed by atoms with Crippen LogP contribution < -0.4 is 10.1 Å². The van der Waals surface area contributed by atoms with Gasteiger partial charge in [-0.1, -0.05) is 18.1 Å². The molecule has 2 saturated carbocycles. The molecule has 0 saturated heterocycles. The van der Waals surface area contributed by atoms with E-state index in [0.29, 0.717) is 42.2 Å². The average Bonchev–Trinajstić information content (AvgIpc) is 3.58. The summed E-state index contributed by atoms with van der Waals surface area (Å²) >= 11 is 0. The topological polar surface area (TPSA) is 122 Å². The fourth-order valence-corrected chi connectivity index (χ4v) is 4.41. The predicted molar refractivity (Wildman–Crippen MR) is 125 cm³/mol. The lowest BCUT2D eigenvalue weighted by Gasteiger charge is -2.27. The molecule has 0 radical (unpaired) electrons. The van der Waals surface area contributed by atoms with E-state index in [4.69, 9.17) is 4.74 Å². The molecule has 0 aliphatic heterocycles. The van der Waals surface area contributed by atoms with Gasteiger partial charge in [0, 0.05) is 20.6 Å². The van der Waals surface area contributed by atoms with Crippen LogP contribution in [0.5, 0.6) is 5.75 Å². The Bertz CT molecular complexity index is 1030. The largest absolute Gasteiger partial charge is 0.489 e. The minimum atomic E-state index is -0.755. The molecule has 2 atom stereocenters. The van der Waals surface area contributed by atoms with Crippen molar-refractivity contribution in [3.05, 3.63) is 23.5 Å². The zero-order chi connectivity index (χ0) is 24.2. The number of aromatic nitrogens is 4. The van der Waals surface area contributed by atoms with Gasteiger partial charge in [-0.2, -0.15) is 0 Å². The van der Waals surface area contributed by atoms with Crippen LogP contribution in [-0.4, -0.2) is 61.7 Å². The molecule has 4 rings (SSSR count). The maximum atomic E-state index is 12.5. The Balaban J connectivity index is 1.40. The fourth-order valence-electron chi connectivity index (χ4n) is 4.41. The van der Waals surface area contributed by atoms with Crippen LogP contribution in [0.25, 0.3) is 11.4 Å². The quantitative estimate of drug-likeness (QED) is 0.577. The van der Waals surface area contributed by atoms with Crippen LogP contribution in [0.4, 0.5) is 4.79 Å². The second-order valence-electron chi connectivity index (χ2n) is 9.54. The zero-order valence-corrected chi connectivity index (χ0v) is 20.2. The first-order chi connectivity index (χ1) is 16.3. The molecule has 2 aromatic rings. The zero-order valence-electron chi connectivity index (χ0n) is 20.2. The maximum absolute atomic E-state index is 12.5. The molecule has 2 heterocycles. The van der Waals surface area contributed by atoms with E-state index in [1.54, 1.807) is 16.6 Å². The van der Waals surface area contributed by atoms with Crippen LogP contribution in [0.3, 0.4) is 0 Å². The van der Waals surface area contributed by atoms with Gasteiger partial charge in [-0.3, -0.25) is 4.79 Å². The van der Waals surface area contributed by atoms with E-state index >= 15 is 0 Å². The van der Waals surface area contributed by atoms with Gasteiger partial charge in [-0.15, -0.1) is 5.10 Å². The number of urea groups is 1. The number of rotatable bonds is 9. The Morgan fingerprint density at radius 1 is 1.26 bits per heavy atom. The lowest BCUT2D eigenvalue weighted by atomic mass is 9.87. The van der Waals surface area contributed by atoms with Crippen molar-refractivity contribution in [1.82, 2.24) is 30.2 Å². The van der Waals surface area contributed by atoms with Gasteiger partial charge in [0.25, 0.3) is 0 Å². The van der Waals surface area contributed by atoms with Crippen LogP contribution in [0.15, 0.2) is 12.1 Å². The lowest BCUT2D eigenvalue weighted by molar-refractivity contribution is -0.143. The summed E-state index contributed by atoms with van der Waals surface area (Å²) in [6.07, 6.45) is 6.38. The predicted octanol–water partition coefficient (Wildman–Crippen LogP) is 3.15. The fraction of sp³-hybridized carbons (Fsp3) is 0.625. The van der Waals surface area contributed by atoms with Gasteiger partial charge in [0.15, 0.2) is 0 Å². The van der Waals surface area contributed by atoms with Gasteiger partial charge in [0.05, 0.1) is 35.6 Å². The van der Waals surface area contributed by atoms with Crippen molar-refractivity contribution >= 4 is 12.0 Å². The first kappa shape index (κ1) is 24.0. The van der Waals surface area contributed by atoms with E-state index in [9.17, 15) is 14.7 Å². The molecule has 2 aliphatic carbocycles. The highest BCUT2D eigenvalue weighted by Gasteiger charge is 2.28. The number of carbonyl (C=O) groups is 2. The van der Waals surface area contributed by atoms with Gasteiger partial charge >= 0.3 is 12.0 Å². The molecule has 2 amide bonds. The number of nitrogens with zero attached hydrogens (tertiary/aromatic N) is 5. The second kappa shape index (κ2) is 10.4. The third-order valence-corrected chi connectivity index (χ3v) is 6.82. The number of hydrogen-bond donors (Lipinski definition) is 2. The summed E-state index contributed by atoms with van der Waals surface area (Å²) in [6, 6.07) is 3.56. The number of aliphatic carboxylic acids is 1. The van der Waals surface area contributed by atoms with Crippen molar-refractivity contribution in [2.24, 2.45) is 18.9 Å². The second-order valence-corrected chi connectivity index (χ2v) is 9.54. The number of amides is 2. The number of hydrogen-bond acceptors (Lipinski definition) is 6. The minimum Gasteiger partial charge on any atom is -0.489 e. The van der Waals surface area contributed by atoms with Gasteiger partial charge < -0.3 is 20.1 Å². The number of carboxylic acid groups (broad SMARTS) is 1. The number of ether oxygens (including phenoxy) is 1. The van der Waals surface area contributed by atoms with Gasteiger partial charge in [0.1, 0.15) is 11.4 Å². The van der Waals surface area contributed by atoms with Crippen LogP contribution in [-0.2, 0) is 18.4 Å². The molecule has 0 unspecified atom stereocenters. The van der Waals surface area contributed by atoms with Crippen molar-refractivity contribution in [3.8, 4) is 17.1 Å². The normalized spacial score (nSPS) is 20.1. The molecule has 2 aromatic heterocycles. The molecular formula is C24H34N6O4. The van der Waals surface area contributed by atoms with Gasteiger partial charge in [-0.25, -0.2) is 14.5 Å². The summed E-state index contributed by atoms with van der Waals surface area (Å²) in [7, 11) is 3.61. The van der Waals surface area contributed by atoms with E-state index in [1.807, 2.05) is 26.1 Å². The van der Waals surface area contributed by atoms with Crippen LogP contribution in [0.1, 0.15) is 56.3 Å². The number of carbonyl (C=O) groups excluding carboxylic acids is 1. The Morgan fingerprint density at radius 2 is 2.06 bits per heavy atom. The Morgan fingerprint density at radius 3 is 2.76 bits per heavy atom. The molecule has 0 aromatic carbocycles. The summed E-state index contributed by atoms with van der Waals surface area (Å²) < 4.78 is 7.76.